The molecule has 136 valence electrons. The van der Waals surface area contributed by atoms with Crippen molar-refractivity contribution in [3.05, 3.63) is 30.3 Å². The highest BCUT2D eigenvalue weighted by molar-refractivity contribution is 5.87. The predicted octanol–water partition coefficient (Wildman–Crippen LogP) is 2.46. The fraction of sp³-hybridized carbons (Fsp3) is 0.579. The molecule has 2 N–H and O–H groups in total. The summed E-state index contributed by atoms with van der Waals surface area (Å²) in [6.07, 6.45) is 5.59. The summed E-state index contributed by atoms with van der Waals surface area (Å²) in [6, 6.07) is 8.25. The number of nitrogens with one attached hydrogen (secondary N) is 1. The molecule has 1 aromatic carbocycles. The predicted molar refractivity (Wildman–Crippen MR) is 93.2 cm³/mol. The van der Waals surface area contributed by atoms with E-state index in [9.17, 15) is 14.7 Å². The van der Waals surface area contributed by atoms with E-state index in [1.54, 1.807) is 24.3 Å². The van der Waals surface area contributed by atoms with Gasteiger partial charge in [-0.3, -0.25) is 9.69 Å². The Hall–Kier alpha value is -2.08. The van der Waals surface area contributed by atoms with Crippen LogP contribution >= 0.6 is 0 Å². The van der Waals surface area contributed by atoms with Crippen LogP contribution in [0.4, 0.5) is 4.79 Å². The van der Waals surface area contributed by atoms with Crippen LogP contribution in [0.1, 0.15) is 44.9 Å². The Morgan fingerprint density at radius 3 is 2.44 bits per heavy atom. The number of hydrogen-bond donors (Lipinski definition) is 2. The number of para-hydroxylation sites is 1. The van der Waals surface area contributed by atoms with Gasteiger partial charge in [0.25, 0.3) is 0 Å². The van der Waals surface area contributed by atoms with Gasteiger partial charge in [0.05, 0.1) is 12.6 Å². The number of benzene rings is 1. The van der Waals surface area contributed by atoms with Crippen molar-refractivity contribution in [1.82, 2.24) is 10.2 Å². The Morgan fingerprint density at radius 2 is 1.76 bits per heavy atom. The lowest BCUT2D eigenvalue weighted by molar-refractivity contribution is -0.125. The minimum absolute atomic E-state index is 0.119. The Balaban J connectivity index is 1.62. The van der Waals surface area contributed by atoms with Crippen LogP contribution in [0.2, 0.25) is 0 Å². The topological polar surface area (TPSA) is 78.9 Å². The van der Waals surface area contributed by atoms with Gasteiger partial charge in [-0.15, -0.1) is 0 Å². The Kier molecular flexibility index (Phi) is 5.91. The van der Waals surface area contributed by atoms with Gasteiger partial charge < -0.3 is 15.2 Å². The van der Waals surface area contributed by atoms with Crippen LogP contribution in [0.3, 0.4) is 0 Å². The van der Waals surface area contributed by atoms with Gasteiger partial charge in [-0.05, 0) is 25.0 Å². The van der Waals surface area contributed by atoms with E-state index >= 15 is 0 Å². The first-order valence-corrected chi connectivity index (χ1v) is 9.15. The zero-order valence-corrected chi connectivity index (χ0v) is 14.4. The SMILES string of the molecule is O=C(NC1CCCCCC1)[C@@H]1C[C@H](O)CN1C(=O)Oc1ccccc1. The van der Waals surface area contributed by atoms with Crippen molar-refractivity contribution in [2.75, 3.05) is 6.54 Å². The highest BCUT2D eigenvalue weighted by Gasteiger charge is 2.40. The van der Waals surface area contributed by atoms with E-state index in [4.69, 9.17) is 4.74 Å². The summed E-state index contributed by atoms with van der Waals surface area (Å²) in [4.78, 5) is 26.4. The summed E-state index contributed by atoms with van der Waals surface area (Å²) in [7, 11) is 0. The highest BCUT2D eigenvalue weighted by Crippen LogP contribution is 2.22. The molecule has 0 spiro atoms. The molecule has 0 radical (unpaired) electrons. The van der Waals surface area contributed by atoms with Crippen LogP contribution in [-0.2, 0) is 4.79 Å². The lowest BCUT2D eigenvalue weighted by Gasteiger charge is -2.25. The number of amides is 2. The second-order valence-electron chi connectivity index (χ2n) is 6.94. The number of carbonyl (C=O) groups excluding carboxylic acids is 2. The first-order chi connectivity index (χ1) is 12.1. The Morgan fingerprint density at radius 1 is 1.08 bits per heavy atom. The number of hydrogen-bond acceptors (Lipinski definition) is 4. The number of ether oxygens (including phenoxy) is 1. The van der Waals surface area contributed by atoms with E-state index in [0.717, 1.165) is 25.7 Å². The van der Waals surface area contributed by atoms with Crippen molar-refractivity contribution in [2.45, 2.75) is 63.1 Å². The lowest BCUT2D eigenvalue weighted by Crippen LogP contribution is -2.49. The van der Waals surface area contributed by atoms with Gasteiger partial charge in [-0.2, -0.15) is 0 Å². The third kappa shape index (κ3) is 4.72. The summed E-state index contributed by atoms with van der Waals surface area (Å²) in [6.45, 7) is 0.119. The van der Waals surface area contributed by atoms with E-state index in [0.29, 0.717) is 5.75 Å². The molecule has 3 rings (SSSR count). The molecule has 6 nitrogen and oxygen atoms in total. The molecule has 2 fully saturated rings. The molecule has 25 heavy (non-hydrogen) atoms. The Bertz CT molecular complexity index is 584. The lowest BCUT2D eigenvalue weighted by atomic mass is 10.1. The summed E-state index contributed by atoms with van der Waals surface area (Å²) >= 11 is 0. The molecule has 1 aliphatic carbocycles. The molecule has 1 aliphatic heterocycles. The maximum Gasteiger partial charge on any atom is 0.416 e. The monoisotopic (exact) mass is 346 g/mol. The standard InChI is InChI=1S/C19H26N2O4/c22-15-12-17(18(23)20-14-8-4-1-2-5-9-14)21(13-15)19(24)25-16-10-6-3-7-11-16/h3,6-7,10-11,14-15,17,22H,1-2,4-5,8-9,12-13H2,(H,20,23)/t15-,17-/m0/s1. The van der Waals surface area contributed by atoms with Crippen LogP contribution in [0.5, 0.6) is 5.75 Å². The minimum atomic E-state index is -0.701. The average Bonchev–Trinajstić information content (AvgIpc) is 2.82. The summed E-state index contributed by atoms with van der Waals surface area (Å²) in [5.74, 6) is 0.241. The summed E-state index contributed by atoms with van der Waals surface area (Å²) in [5.41, 5.74) is 0. The third-order valence-electron chi connectivity index (χ3n) is 4.97. The molecule has 1 aromatic rings. The number of rotatable bonds is 3. The molecular formula is C19H26N2O4. The van der Waals surface area contributed by atoms with Crippen LogP contribution in [0.15, 0.2) is 30.3 Å². The van der Waals surface area contributed by atoms with Crippen molar-refractivity contribution in [3.8, 4) is 5.75 Å². The maximum absolute atomic E-state index is 12.7. The van der Waals surface area contributed by atoms with E-state index in [2.05, 4.69) is 5.32 Å². The molecule has 0 unspecified atom stereocenters. The van der Waals surface area contributed by atoms with Gasteiger partial charge >= 0.3 is 6.09 Å². The van der Waals surface area contributed by atoms with Crippen LogP contribution in [0.25, 0.3) is 0 Å². The molecule has 2 aliphatic rings. The number of carbonyl (C=O) groups is 2. The second kappa shape index (κ2) is 8.34. The molecule has 0 aromatic heterocycles. The Labute approximate surface area is 148 Å². The molecular weight excluding hydrogens is 320 g/mol. The molecule has 1 saturated carbocycles. The summed E-state index contributed by atoms with van der Waals surface area (Å²) < 4.78 is 5.33. The van der Waals surface area contributed by atoms with Crippen LogP contribution in [-0.4, -0.2) is 46.7 Å². The fourth-order valence-corrected chi connectivity index (χ4v) is 3.63. The highest BCUT2D eigenvalue weighted by atomic mass is 16.6. The number of likely N-dealkylation sites (tertiary alicyclic amines) is 1. The average molecular weight is 346 g/mol. The number of aliphatic hydroxyl groups excluding tert-OH is 1. The van der Waals surface area contributed by atoms with E-state index in [-0.39, 0.29) is 24.9 Å². The quantitative estimate of drug-likeness (QED) is 0.824. The second-order valence-corrected chi connectivity index (χ2v) is 6.94. The molecule has 6 heteroatoms. The van der Waals surface area contributed by atoms with Gasteiger partial charge in [-0.1, -0.05) is 43.9 Å². The minimum Gasteiger partial charge on any atom is -0.410 e. The number of nitrogens with zero attached hydrogens (tertiary/aromatic N) is 1. The van der Waals surface area contributed by atoms with Crippen LogP contribution in [0, 0.1) is 0 Å². The van der Waals surface area contributed by atoms with E-state index in [1.165, 1.54) is 17.7 Å². The van der Waals surface area contributed by atoms with Gasteiger partial charge in [-0.25, -0.2) is 4.79 Å². The normalized spacial score (nSPS) is 24.6. The summed E-state index contributed by atoms with van der Waals surface area (Å²) in [5, 5.41) is 13.0. The van der Waals surface area contributed by atoms with Crippen molar-refractivity contribution >= 4 is 12.0 Å². The van der Waals surface area contributed by atoms with Crippen molar-refractivity contribution < 1.29 is 19.4 Å². The van der Waals surface area contributed by atoms with Gasteiger partial charge in [0, 0.05) is 12.5 Å². The molecule has 1 saturated heterocycles. The number of β-amino-alcohol motifs (C(OH)–C–C–N with tert-alkyl or cyclic N) is 1. The third-order valence-corrected chi connectivity index (χ3v) is 4.97. The first kappa shape index (κ1) is 17.7. The van der Waals surface area contributed by atoms with Crippen molar-refractivity contribution in [2.24, 2.45) is 0 Å². The molecule has 0 bridgehead atoms. The first-order valence-electron chi connectivity index (χ1n) is 9.15. The fourth-order valence-electron chi connectivity index (χ4n) is 3.63. The van der Waals surface area contributed by atoms with Crippen molar-refractivity contribution in [1.29, 1.82) is 0 Å². The zero-order chi connectivity index (χ0) is 17.6. The van der Waals surface area contributed by atoms with Gasteiger partial charge in [0.15, 0.2) is 0 Å². The molecule has 2 atom stereocenters. The number of aliphatic hydroxyl groups is 1. The maximum atomic E-state index is 12.7. The van der Waals surface area contributed by atoms with Crippen molar-refractivity contribution in [3.63, 3.8) is 0 Å². The smallest absolute Gasteiger partial charge is 0.410 e. The molecule has 1 heterocycles. The largest absolute Gasteiger partial charge is 0.416 e. The zero-order valence-electron chi connectivity index (χ0n) is 14.4. The van der Waals surface area contributed by atoms with E-state index in [1.807, 2.05) is 6.07 Å². The van der Waals surface area contributed by atoms with E-state index < -0.39 is 18.2 Å². The van der Waals surface area contributed by atoms with Gasteiger partial charge in [0.1, 0.15) is 11.8 Å². The molecule has 2 amide bonds. The van der Waals surface area contributed by atoms with Gasteiger partial charge in [0.2, 0.25) is 5.91 Å². The van der Waals surface area contributed by atoms with Crippen LogP contribution < -0.4 is 10.1 Å².